The highest BCUT2D eigenvalue weighted by Gasteiger charge is 2.03. The van der Waals surface area contributed by atoms with Gasteiger partial charge < -0.3 is 11.1 Å². The Kier molecular flexibility index (Phi) is 3.16. The Balaban J connectivity index is 3.63. The van der Waals surface area contributed by atoms with Crippen molar-refractivity contribution in [3.63, 3.8) is 0 Å². The fourth-order valence-electron chi connectivity index (χ4n) is 0.376. The summed E-state index contributed by atoms with van der Waals surface area (Å²) in [6.07, 6.45) is 0. The Labute approximate surface area is 59.6 Å². The van der Waals surface area contributed by atoms with Crippen LogP contribution in [0.3, 0.4) is 0 Å². The summed E-state index contributed by atoms with van der Waals surface area (Å²) in [5.41, 5.74) is 5.20. The highest BCUT2D eigenvalue weighted by atomic mass is 32.1. The highest BCUT2D eigenvalue weighted by Crippen LogP contribution is 1.79. The topological polar surface area (TPSA) is 55.1 Å². The van der Waals surface area contributed by atoms with Crippen LogP contribution in [0.5, 0.6) is 0 Å². The molecule has 0 heterocycles. The van der Waals surface area contributed by atoms with Gasteiger partial charge in [0.1, 0.15) is 0 Å². The van der Waals surface area contributed by atoms with Gasteiger partial charge in [-0.3, -0.25) is 4.79 Å². The molecule has 3 N–H and O–H groups in total. The normalized spacial score (nSPS) is 12.2. The van der Waals surface area contributed by atoms with Gasteiger partial charge in [-0.2, -0.15) is 0 Å². The number of carbonyl (C=O) groups excluding carboxylic acids is 1. The van der Waals surface area contributed by atoms with Gasteiger partial charge in [0.2, 0.25) is 5.91 Å². The van der Waals surface area contributed by atoms with E-state index in [1.165, 1.54) is 6.92 Å². The summed E-state index contributed by atoms with van der Waals surface area (Å²) in [5.74, 6) is -0.115. The van der Waals surface area contributed by atoms with E-state index in [1.54, 1.807) is 6.92 Å². The maximum Gasteiger partial charge on any atom is 0.217 e. The third kappa shape index (κ3) is 3.90. The van der Waals surface area contributed by atoms with Crippen LogP contribution in [0.25, 0.3) is 0 Å². The standard InChI is InChI=1S/C5H10N2OS/c1-3(5(6)9)7-4(2)8/h3H,1-2H3,(H2,6,9)(H,7,8). The zero-order valence-electron chi connectivity index (χ0n) is 5.47. The first kappa shape index (κ1) is 8.36. The fraction of sp³-hybridized carbons (Fsp3) is 0.600. The molecular weight excluding hydrogens is 136 g/mol. The molecule has 4 heteroatoms. The quantitative estimate of drug-likeness (QED) is 0.530. The van der Waals surface area contributed by atoms with Crippen molar-refractivity contribution in [3.8, 4) is 0 Å². The predicted octanol–water partition coefficient (Wildman–Crippen LogP) is -0.203. The third-order valence-electron chi connectivity index (χ3n) is 0.847. The van der Waals surface area contributed by atoms with Crippen molar-refractivity contribution >= 4 is 23.1 Å². The SMILES string of the molecule is CC(=O)NC(C)C(N)=S. The summed E-state index contributed by atoms with van der Waals surface area (Å²) in [6.45, 7) is 3.17. The van der Waals surface area contributed by atoms with Crippen molar-refractivity contribution in [2.24, 2.45) is 5.73 Å². The zero-order chi connectivity index (χ0) is 7.44. The van der Waals surface area contributed by atoms with Crippen molar-refractivity contribution in [2.75, 3.05) is 0 Å². The molecule has 1 unspecified atom stereocenters. The van der Waals surface area contributed by atoms with Crippen LogP contribution in [-0.4, -0.2) is 16.9 Å². The Morgan fingerprint density at radius 1 is 1.78 bits per heavy atom. The second kappa shape index (κ2) is 3.40. The number of amides is 1. The van der Waals surface area contributed by atoms with Crippen molar-refractivity contribution in [1.29, 1.82) is 0 Å². The number of hydrogen-bond donors (Lipinski definition) is 2. The van der Waals surface area contributed by atoms with E-state index in [0.29, 0.717) is 4.99 Å². The van der Waals surface area contributed by atoms with E-state index in [0.717, 1.165) is 0 Å². The minimum Gasteiger partial charge on any atom is -0.392 e. The number of carbonyl (C=O) groups is 1. The van der Waals surface area contributed by atoms with Crippen molar-refractivity contribution in [1.82, 2.24) is 5.32 Å². The van der Waals surface area contributed by atoms with Gasteiger partial charge in [-0.15, -0.1) is 0 Å². The summed E-state index contributed by atoms with van der Waals surface area (Å²) >= 11 is 4.60. The van der Waals surface area contributed by atoms with Crippen LogP contribution in [0, 0.1) is 0 Å². The van der Waals surface area contributed by atoms with Gasteiger partial charge in [0, 0.05) is 6.92 Å². The minimum absolute atomic E-state index is 0.115. The molecule has 0 aromatic heterocycles. The Bertz CT molecular complexity index is 135. The van der Waals surface area contributed by atoms with Crippen LogP contribution < -0.4 is 11.1 Å². The minimum atomic E-state index is -0.197. The Hall–Kier alpha value is -0.640. The first-order valence-electron chi connectivity index (χ1n) is 2.60. The number of nitrogens with two attached hydrogens (primary N) is 1. The summed E-state index contributed by atoms with van der Waals surface area (Å²) < 4.78 is 0. The molecule has 52 valence electrons. The smallest absolute Gasteiger partial charge is 0.217 e. The average molecular weight is 146 g/mol. The molecule has 0 bridgehead atoms. The molecule has 0 saturated carbocycles. The third-order valence-corrected chi connectivity index (χ3v) is 1.20. The first-order valence-corrected chi connectivity index (χ1v) is 3.01. The van der Waals surface area contributed by atoms with Crippen molar-refractivity contribution in [2.45, 2.75) is 19.9 Å². The zero-order valence-corrected chi connectivity index (χ0v) is 6.29. The fourth-order valence-corrected chi connectivity index (χ4v) is 0.435. The van der Waals surface area contributed by atoms with Crippen LogP contribution in [0.2, 0.25) is 0 Å². The predicted molar refractivity (Wildman–Crippen MR) is 40.1 cm³/mol. The van der Waals surface area contributed by atoms with E-state index in [2.05, 4.69) is 17.5 Å². The van der Waals surface area contributed by atoms with Crippen molar-refractivity contribution in [3.05, 3.63) is 0 Å². The molecule has 0 aromatic rings. The molecule has 0 aliphatic carbocycles. The second-order valence-corrected chi connectivity index (χ2v) is 2.30. The molecule has 1 amide bonds. The van der Waals surface area contributed by atoms with E-state index < -0.39 is 0 Å². The van der Waals surface area contributed by atoms with E-state index in [9.17, 15) is 4.79 Å². The monoisotopic (exact) mass is 146 g/mol. The molecule has 0 aliphatic heterocycles. The largest absolute Gasteiger partial charge is 0.392 e. The lowest BCUT2D eigenvalue weighted by Crippen LogP contribution is -2.39. The second-order valence-electron chi connectivity index (χ2n) is 1.82. The maximum absolute atomic E-state index is 10.3. The Morgan fingerprint density at radius 2 is 2.22 bits per heavy atom. The van der Waals surface area contributed by atoms with Gasteiger partial charge in [0.15, 0.2) is 0 Å². The highest BCUT2D eigenvalue weighted by molar-refractivity contribution is 7.80. The summed E-state index contributed by atoms with van der Waals surface area (Å²) in [7, 11) is 0. The van der Waals surface area contributed by atoms with Gasteiger partial charge in [-0.25, -0.2) is 0 Å². The number of nitrogens with one attached hydrogen (secondary N) is 1. The van der Waals surface area contributed by atoms with Crippen LogP contribution in [-0.2, 0) is 4.79 Å². The molecule has 0 fully saturated rings. The molecule has 0 aromatic carbocycles. The molecule has 0 spiro atoms. The lowest BCUT2D eigenvalue weighted by molar-refractivity contribution is -0.119. The van der Waals surface area contributed by atoms with Gasteiger partial charge in [0.05, 0.1) is 11.0 Å². The number of hydrogen-bond acceptors (Lipinski definition) is 2. The number of thiocarbonyl (C=S) groups is 1. The molecular formula is C5H10N2OS. The van der Waals surface area contributed by atoms with Crippen LogP contribution in [0.4, 0.5) is 0 Å². The van der Waals surface area contributed by atoms with Gasteiger partial charge in [0.25, 0.3) is 0 Å². The molecule has 0 radical (unpaired) electrons. The lowest BCUT2D eigenvalue weighted by Gasteiger charge is -2.08. The maximum atomic E-state index is 10.3. The number of rotatable bonds is 2. The summed E-state index contributed by atoms with van der Waals surface area (Å²) in [4.78, 5) is 10.6. The van der Waals surface area contributed by atoms with Crippen LogP contribution in [0.15, 0.2) is 0 Å². The summed E-state index contributed by atoms with van der Waals surface area (Å²) in [6, 6.07) is -0.197. The van der Waals surface area contributed by atoms with Crippen molar-refractivity contribution < 1.29 is 4.79 Å². The van der Waals surface area contributed by atoms with E-state index in [4.69, 9.17) is 5.73 Å². The van der Waals surface area contributed by atoms with Crippen LogP contribution >= 0.6 is 12.2 Å². The molecule has 0 saturated heterocycles. The van der Waals surface area contributed by atoms with Gasteiger partial charge in [-0.05, 0) is 6.92 Å². The molecule has 3 nitrogen and oxygen atoms in total. The molecule has 0 aliphatic rings. The first-order chi connectivity index (χ1) is 4.04. The lowest BCUT2D eigenvalue weighted by atomic mass is 10.3. The van der Waals surface area contributed by atoms with Gasteiger partial charge in [-0.1, -0.05) is 12.2 Å². The molecule has 0 rings (SSSR count). The summed E-state index contributed by atoms with van der Waals surface area (Å²) in [5, 5.41) is 2.54. The average Bonchev–Trinajstić information content (AvgIpc) is 1.63. The Morgan fingerprint density at radius 3 is 2.33 bits per heavy atom. The molecule has 9 heavy (non-hydrogen) atoms. The van der Waals surface area contributed by atoms with E-state index in [1.807, 2.05) is 0 Å². The van der Waals surface area contributed by atoms with E-state index in [-0.39, 0.29) is 11.9 Å². The van der Waals surface area contributed by atoms with E-state index >= 15 is 0 Å². The molecule has 1 atom stereocenters. The van der Waals surface area contributed by atoms with Gasteiger partial charge >= 0.3 is 0 Å². The van der Waals surface area contributed by atoms with Crippen LogP contribution in [0.1, 0.15) is 13.8 Å².